The minimum absolute atomic E-state index is 1.44. The van der Waals surface area contributed by atoms with Gasteiger partial charge < -0.3 is 0 Å². The molecule has 0 aromatic carbocycles. The molecule has 0 amide bonds. The van der Waals surface area contributed by atoms with E-state index in [1.807, 2.05) is 11.1 Å². The quantitative estimate of drug-likeness (QED) is 0.460. The summed E-state index contributed by atoms with van der Waals surface area (Å²) >= 11 is 0. The van der Waals surface area contributed by atoms with Gasteiger partial charge in [0.25, 0.3) is 0 Å². The zero-order chi connectivity index (χ0) is 7.52. The standard InChI is InChI=1S/C11H18/c1-2-6-10(7-3-1)11-8-4-5-9-11/h1-9H2. The summed E-state index contributed by atoms with van der Waals surface area (Å²) in [6.07, 6.45) is 13.1. The van der Waals surface area contributed by atoms with Crippen molar-refractivity contribution >= 4 is 0 Å². The van der Waals surface area contributed by atoms with E-state index >= 15 is 0 Å². The van der Waals surface area contributed by atoms with Crippen molar-refractivity contribution in [3.63, 3.8) is 0 Å². The van der Waals surface area contributed by atoms with Gasteiger partial charge in [-0.1, -0.05) is 17.6 Å². The average Bonchev–Trinajstić information content (AvgIpc) is 2.58. The lowest BCUT2D eigenvalue weighted by atomic mass is 9.90. The molecule has 0 atom stereocenters. The molecule has 0 aromatic heterocycles. The Bertz CT molecular complexity index is 149. The highest BCUT2D eigenvalue weighted by Crippen LogP contribution is 2.33. The zero-order valence-corrected chi connectivity index (χ0v) is 7.36. The maximum Gasteiger partial charge on any atom is -0.0318 e. The monoisotopic (exact) mass is 150 g/mol. The maximum atomic E-state index is 1.86. The predicted molar refractivity (Wildman–Crippen MR) is 48.6 cm³/mol. The molecule has 0 nitrogen and oxygen atoms in total. The summed E-state index contributed by atoms with van der Waals surface area (Å²) in [4.78, 5) is 0. The summed E-state index contributed by atoms with van der Waals surface area (Å²) in [5.74, 6) is 0. The van der Waals surface area contributed by atoms with Crippen molar-refractivity contribution in [1.29, 1.82) is 0 Å². The first kappa shape index (κ1) is 7.39. The van der Waals surface area contributed by atoms with E-state index in [0.717, 1.165) is 0 Å². The van der Waals surface area contributed by atoms with E-state index in [9.17, 15) is 0 Å². The van der Waals surface area contributed by atoms with Crippen molar-refractivity contribution in [2.75, 3.05) is 0 Å². The molecule has 0 aromatic rings. The number of rotatable bonds is 0. The van der Waals surface area contributed by atoms with Crippen LogP contribution in [0.3, 0.4) is 0 Å². The Morgan fingerprint density at radius 1 is 0.455 bits per heavy atom. The Morgan fingerprint density at radius 2 is 0.818 bits per heavy atom. The molecule has 2 fully saturated rings. The summed E-state index contributed by atoms with van der Waals surface area (Å²) in [5.41, 5.74) is 3.71. The Labute approximate surface area is 69.7 Å². The second kappa shape index (κ2) is 3.42. The van der Waals surface area contributed by atoms with Crippen LogP contribution in [0.2, 0.25) is 0 Å². The summed E-state index contributed by atoms with van der Waals surface area (Å²) in [6.45, 7) is 0. The zero-order valence-electron chi connectivity index (χ0n) is 7.36. The van der Waals surface area contributed by atoms with Crippen LogP contribution in [0.4, 0.5) is 0 Å². The van der Waals surface area contributed by atoms with Crippen molar-refractivity contribution in [3.8, 4) is 0 Å². The first-order valence-electron chi connectivity index (χ1n) is 5.16. The minimum atomic E-state index is 1.44. The molecule has 2 aliphatic carbocycles. The third-order valence-corrected chi connectivity index (χ3v) is 3.16. The molecule has 0 unspecified atom stereocenters. The van der Waals surface area contributed by atoms with Gasteiger partial charge in [0.2, 0.25) is 0 Å². The molecule has 11 heavy (non-hydrogen) atoms. The van der Waals surface area contributed by atoms with Gasteiger partial charge in [-0.05, 0) is 51.4 Å². The maximum absolute atomic E-state index is 1.86. The molecule has 0 heteroatoms. The Hall–Kier alpha value is -0.260. The summed E-state index contributed by atoms with van der Waals surface area (Å²) in [5, 5.41) is 0. The SMILES string of the molecule is C1CCC(=C2CCCC2)CC1. The first-order chi connectivity index (χ1) is 5.47. The average molecular weight is 150 g/mol. The molecular weight excluding hydrogens is 132 g/mol. The Kier molecular flexibility index (Phi) is 2.30. The Balaban J connectivity index is 2.03. The van der Waals surface area contributed by atoms with Crippen LogP contribution >= 0.6 is 0 Å². The van der Waals surface area contributed by atoms with Crippen molar-refractivity contribution in [2.45, 2.75) is 57.8 Å². The summed E-state index contributed by atoms with van der Waals surface area (Å²) in [7, 11) is 0. The molecule has 0 heterocycles. The highest BCUT2D eigenvalue weighted by molar-refractivity contribution is 5.18. The third-order valence-electron chi connectivity index (χ3n) is 3.16. The molecule has 62 valence electrons. The van der Waals surface area contributed by atoms with Gasteiger partial charge in [-0.25, -0.2) is 0 Å². The summed E-state index contributed by atoms with van der Waals surface area (Å²) in [6, 6.07) is 0. The fourth-order valence-corrected chi connectivity index (χ4v) is 2.49. The number of hydrogen-bond acceptors (Lipinski definition) is 0. The third kappa shape index (κ3) is 1.66. The van der Waals surface area contributed by atoms with Crippen LogP contribution in [0, 0.1) is 0 Å². The van der Waals surface area contributed by atoms with Crippen LogP contribution in [-0.2, 0) is 0 Å². The molecule has 2 saturated carbocycles. The minimum Gasteiger partial charge on any atom is -0.0710 e. The topological polar surface area (TPSA) is 0 Å². The van der Waals surface area contributed by atoms with Gasteiger partial charge in [-0.15, -0.1) is 0 Å². The van der Waals surface area contributed by atoms with Crippen LogP contribution in [0.1, 0.15) is 57.8 Å². The highest BCUT2D eigenvalue weighted by Gasteiger charge is 2.14. The normalized spacial score (nSPS) is 26.2. The van der Waals surface area contributed by atoms with Crippen LogP contribution in [0.5, 0.6) is 0 Å². The van der Waals surface area contributed by atoms with E-state index in [0.29, 0.717) is 0 Å². The van der Waals surface area contributed by atoms with Gasteiger partial charge in [0.05, 0.1) is 0 Å². The lowest BCUT2D eigenvalue weighted by Gasteiger charge is -2.16. The van der Waals surface area contributed by atoms with Crippen LogP contribution in [0.25, 0.3) is 0 Å². The van der Waals surface area contributed by atoms with Gasteiger partial charge in [0.1, 0.15) is 0 Å². The molecule has 0 radical (unpaired) electrons. The molecule has 0 bridgehead atoms. The van der Waals surface area contributed by atoms with Crippen LogP contribution < -0.4 is 0 Å². The van der Waals surface area contributed by atoms with Gasteiger partial charge in [-0.3, -0.25) is 0 Å². The fraction of sp³-hybridized carbons (Fsp3) is 0.818. The van der Waals surface area contributed by atoms with E-state index in [4.69, 9.17) is 0 Å². The number of hydrogen-bond donors (Lipinski definition) is 0. The van der Waals surface area contributed by atoms with E-state index in [1.54, 1.807) is 0 Å². The second-order valence-electron chi connectivity index (χ2n) is 3.97. The van der Waals surface area contributed by atoms with E-state index < -0.39 is 0 Å². The molecule has 2 rings (SSSR count). The molecule has 0 saturated heterocycles. The van der Waals surface area contributed by atoms with Gasteiger partial charge >= 0.3 is 0 Å². The van der Waals surface area contributed by atoms with Gasteiger partial charge in [-0.2, -0.15) is 0 Å². The molecule has 2 aliphatic rings. The smallest absolute Gasteiger partial charge is 0.0318 e. The number of allylic oxidation sites excluding steroid dienone is 2. The van der Waals surface area contributed by atoms with Crippen LogP contribution in [-0.4, -0.2) is 0 Å². The fourth-order valence-electron chi connectivity index (χ4n) is 2.49. The Morgan fingerprint density at radius 3 is 1.27 bits per heavy atom. The molecular formula is C11H18. The highest BCUT2D eigenvalue weighted by atomic mass is 14.2. The van der Waals surface area contributed by atoms with E-state index in [2.05, 4.69) is 0 Å². The largest absolute Gasteiger partial charge is 0.0710 e. The van der Waals surface area contributed by atoms with E-state index in [1.165, 1.54) is 57.8 Å². The van der Waals surface area contributed by atoms with Crippen molar-refractivity contribution in [2.24, 2.45) is 0 Å². The van der Waals surface area contributed by atoms with Crippen LogP contribution in [0.15, 0.2) is 11.1 Å². The van der Waals surface area contributed by atoms with Crippen molar-refractivity contribution in [3.05, 3.63) is 11.1 Å². The predicted octanol–water partition coefficient (Wildman–Crippen LogP) is 3.82. The molecule has 0 aliphatic heterocycles. The van der Waals surface area contributed by atoms with Crippen molar-refractivity contribution in [1.82, 2.24) is 0 Å². The summed E-state index contributed by atoms with van der Waals surface area (Å²) < 4.78 is 0. The second-order valence-corrected chi connectivity index (χ2v) is 3.97. The molecule has 0 spiro atoms. The van der Waals surface area contributed by atoms with Crippen molar-refractivity contribution < 1.29 is 0 Å². The lowest BCUT2D eigenvalue weighted by Crippen LogP contribution is -1.96. The lowest BCUT2D eigenvalue weighted by molar-refractivity contribution is 0.590. The molecule has 0 N–H and O–H groups in total. The van der Waals surface area contributed by atoms with E-state index in [-0.39, 0.29) is 0 Å². The van der Waals surface area contributed by atoms with Gasteiger partial charge in [0.15, 0.2) is 0 Å². The van der Waals surface area contributed by atoms with Gasteiger partial charge in [0, 0.05) is 0 Å². The first-order valence-corrected chi connectivity index (χ1v) is 5.16.